The quantitative estimate of drug-likeness (QED) is 0.881. The molecule has 3 rings (SSSR count). The first-order chi connectivity index (χ1) is 9.70. The van der Waals surface area contributed by atoms with Gasteiger partial charge in [0, 0.05) is 24.7 Å². The molecule has 1 atom stereocenters. The van der Waals surface area contributed by atoms with Gasteiger partial charge in [0.05, 0.1) is 31.2 Å². The number of carbonyl (C=O) groups is 1. The van der Waals surface area contributed by atoms with Crippen molar-refractivity contribution in [1.82, 2.24) is 14.5 Å². The van der Waals surface area contributed by atoms with Gasteiger partial charge in [0.25, 0.3) is 0 Å². The first-order valence-electron chi connectivity index (χ1n) is 7.30. The number of aryl methyl sites for hydroxylation is 1. The number of aliphatic hydroxyl groups excluding tert-OH is 1. The second kappa shape index (κ2) is 5.40. The van der Waals surface area contributed by atoms with Gasteiger partial charge in [-0.25, -0.2) is 4.98 Å². The van der Waals surface area contributed by atoms with Crippen LogP contribution in [0.4, 0.5) is 0 Å². The molecule has 0 aromatic carbocycles. The minimum atomic E-state index is -0.131. The number of hydrogen-bond acceptors (Lipinski definition) is 3. The summed E-state index contributed by atoms with van der Waals surface area (Å²) in [5.41, 5.74) is 3.00. The Hall–Kier alpha value is -1.62. The highest BCUT2D eigenvalue weighted by molar-refractivity contribution is 5.93. The Kier molecular flexibility index (Phi) is 3.61. The summed E-state index contributed by atoms with van der Waals surface area (Å²) in [6, 6.07) is -0.131. The maximum Gasteiger partial charge on any atom is 0.250 e. The summed E-state index contributed by atoms with van der Waals surface area (Å²) in [5.74, 6) is 0.0834. The second-order valence-corrected chi connectivity index (χ2v) is 5.70. The summed E-state index contributed by atoms with van der Waals surface area (Å²) in [6.45, 7) is 0.515. The number of nitrogens with zero attached hydrogens (tertiary/aromatic N) is 3. The van der Waals surface area contributed by atoms with Crippen LogP contribution in [0.15, 0.2) is 18.0 Å². The van der Waals surface area contributed by atoms with E-state index >= 15 is 0 Å². The molecule has 0 saturated heterocycles. The number of allylic oxidation sites excluding steroid dienone is 1. The van der Waals surface area contributed by atoms with Crippen molar-refractivity contribution >= 4 is 5.91 Å². The van der Waals surface area contributed by atoms with Crippen molar-refractivity contribution < 1.29 is 9.90 Å². The highest BCUT2D eigenvalue weighted by atomic mass is 16.3. The van der Waals surface area contributed by atoms with E-state index in [0.29, 0.717) is 13.0 Å². The number of hydrogen-bond donors (Lipinski definition) is 1. The fourth-order valence-corrected chi connectivity index (χ4v) is 3.14. The molecular weight excluding hydrogens is 254 g/mol. The molecule has 5 heteroatoms. The third-order valence-corrected chi connectivity index (χ3v) is 4.37. The van der Waals surface area contributed by atoms with E-state index in [1.807, 2.05) is 11.6 Å². The fourth-order valence-electron chi connectivity index (χ4n) is 3.14. The highest BCUT2D eigenvalue weighted by Crippen LogP contribution is 2.26. The van der Waals surface area contributed by atoms with E-state index in [9.17, 15) is 9.90 Å². The molecule has 0 spiro atoms. The Bertz CT molecular complexity index is 547. The zero-order valence-electron chi connectivity index (χ0n) is 11.9. The van der Waals surface area contributed by atoms with Crippen molar-refractivity contribution in [1.29, 1.82) is 0 Å². The fraction of sp³-hybridized carbons (Fsp3) is 0.600. The SMILES string of the molecule is Cn1cnc2c1C[C@@H](CO)N(C(=O)C1=CCCCC1)C2. The molecule has 1 aliphatic heterocycles. The number of amides is 1. The normalized spacial score (nSPS) is 22.4. The zero-order chi connectivity index (χ0) is 14.1. The van der Waals surface area contributed by atoms with Gasteiger partial charge in [-0.1, -0.05) is 6.08 Å². The Morgan fingerprint density at radius 2 is 2.35 bits per heavy atom. The van der Waals surface area contributed by atoms with Crippen LogP contribution in [0, 0.1) is 0 Å². The van der Waals surface area contributed by atoms with Gasteiger partial charge in [-0.05, 0) is 25.7 Å². The van der Waals surface area contributed by atoms with E-state index in [1.54, 1.807) is 11.2 Å². The van der Waals surface area contributed by atoms with Gasteiger partial charge in [0.15, 0.2) is 0 Å². The lowest BCUT2D eigenvalue weighted by molar-refractivity contribution is -0.131. The van der Waals surface area contributed by atoms with Gasteiger partial charge in [0.2, 0.25) is 5.91 Å². The van der Waals surface area contributed by atoms with Crippen LogP contribution in [0.3, 0.4) is 0 Å². The number of imidazole rings is 1. The van der Waals surface area contributed by atoms with Crippen molar-refractivity contribution in [2.45, 2.75) is 44.7 Å². The predicted molar refractivity (Wildman–Crippen MR) is 74.9 cm³/mol. The summed E-state index contributed by atoms with van der Waals surface area (Å²) >= 11 is 0. The van der Waals surface area contributed by atoms with Crippen LogP contribution in [0.25, 0.3) is 0 Å². The van der Waals surface area contributed by atoms with E-state index in [4.69, 9.17) is 0 Å². The number of rotatable bonds is 2. The van der Waals surface area contributed by atoms with Crippen molar-refractivity contribution in [2.24, 2.45) is 7.05 Å². The molecule has 2 aliphatic rings. The Morgan fingerprint density at radius 3 is 3.05 bits per heavy atom. The average molecular weight is 275 g/mol. The Morgan fingerprint density at radius 1 is 1.50 bits per heavy atom. The average Bonchev–Trinajstić information content (AvgIpc) is 2.87. The van der Waals surface area contributed by atoms with Gasteiger partial charge in [-0.2, -0.15) is 0 Å². The molecule has 0 radical (unpaired) electrons. The Balaban J connectivity index is 1.85. The van der Waals surface area contributed by atoms with E-state index in [-0.39, 0.29) is 18.6 Å². The Labute approximate surface area is 118 Å². The van der Waals surface area contributed by atoms with Crippen molar-refractivity contribution in [3.63, 3.8) is 0 Å². The summed E-state index contributed by atoms with van der Waals surface area (Å²) < 4.78 is 1.99. The lowest BCUT2D eigenvalue weighted by Gasteiger charge is -2.35. The third-order valence-electron chi connectivity index (χ3n) is 4.37. The predicted octanol–water partition coefficient (Wildman–Crippen LogP) is 1.17. The molecule has 2 heterocycles. The van der Waals surface area contributed by atoms with Gasteiger partial charge in [0.1, 0.15) is 0 Å². The highest BCUT2D eigenvalue weighted by Gasteiger charge is 2.33. The van der Waals surface area contributed by atoms with Crippen LogP contribution >= 0.6 is 0 Å². The van der Waals surface area contributed by atoms with Gasteiger partial charge >= 0.3 is 0 Å². The summed E-state index contributed by atoms with van der Waals surface area (Å²) in [4.78, 5) is 18.8. The molecule has 5 nitrogen and oxygen atoms in total. The van der Waals surface area contributed by atoms with E-state index in [1.165, 1.54) is 6.42 Å². The molecule has 0 unspecified atom stereocenters. The molecule has 0 saturated carbocycles. The monoisotopic (exact) mass is 275 g/mol. The smallest absolute Gasteiger partial charge is 0.250 e. The number of aliphatic hydroxyl groups is 1. The molecule has 1 aromatic heterocycles. The first kappa shape index (κ1) is 13.4. The van der Waals surface area contributed by atoms with Gasteiger partial charge < -0.3 is 14.6 Å². The van der Waals surface area contributed by atoms with Crippen LogP contribution in [0.2, 0.25) is 0 Å². The summed E-state index contributed by atoms with van der Waals surface area (Å²) in [5, 5.41) is 9.62. The van der Waals surface area contributed by atoms with Crippen LogP contribution in [0.1, 0.15) is 37.1 Å². The van der Waals surface area contributed by atoms with Crippen molar-refractivity contribution in [3.05, 3.63) is 29.4 Å². The topological polar surface area (TPSA) is 58.4 Å². The van der Waals surface area contributed by atoms with E-state index in [2.05, 4.69) is 11.1 Å². The maximum atomic E-state index is 12.7. The third kappa shape index (κ3) is 2.26. The first-order valence-corrected chi connectivity index (χ1v) is 7.30. The van der Waals surface area contributed by atoms with Gasteiger partial charge in [-0.15, -0.1) is 0 Å². The summed E-state index contributed by atoms with van der Waals surface area (Å²) in [7, 11) is 1.96. The second-order valence-electron chi connectivity index (χ2n) is 5.70. The minimum absolute atomic E-state index is 0.00361. The van der Waals surface area contributed by atoms with Crippen LogP contribution in [-0.4, -0.2) is 38.1 Å². The zero-order valence-corrected chi connectivity index (χ0v) is 11.9. The molecule has 20 heavy (non-hydrogen) atoms. The van der Waals surface area contributed by atoms with Crippen molar-refractivity contribution in [3.8, 4) is 0 Å². The molecule has 0 fully saturated rings. The lowest BCUT2D eigenvalue weighted by atomic mass is 9.96. The minimum Gasteiger partial charge on any atom is -0.394 e. The molecule has 0 bridgehead atoms. The lowest BCUT2D eigenvalue weighted by Crippen LogP contribution is -2.47. The van der Waals surface area contributed by atoms with E-state index < -0.39 is 0 Å². The molecular formula is C15H21N3O2. The molecule has 1 amide bonds. The van der Waals surface area contributed by atoms with Crippen LogP contribution < -0.4 is 0 Å². The van der Waals surface area contributed by atoms with Crippen molar-refractivity contribution in [2.75, 3.05) is 6.61 Å². The number of fused-ring (bicyclic) bond motifs is 1. The molecule has 1 N–H and O–H groups in total. The van der Waals surface area contributed by atoms with Crippen LogP contribution in [0.5, 0.6) is 0 Å². The standard InChI is InChI=1S/C15H21N3O2/c1-17-10-16-13-8-18(12(9-19)7-14(13)17)15(20)11-5-3-2-4-6-11/h5,10,12,19H,2-4,6-9H2,1H3/t12-/m0/s1. The summed E-state index contributed by atoms with van der Waals surface area (Å²) in [6.07, 6.45) is 8.65. The van der Waals surface area contributed by atoms with E-state index in [0.717, 1.165) is 36.2 Å². The number of carbonyl (C=O) groups excluding carboxylic acids is 1. The maximum absolute atomic E-state index is 12.7. The largest absolute Gasteiger partial charge is 0.394 e. The molecule has 1 aromatic rings. The van der Waals surface area contributed by atoms with Gasteiger partial charge in [-0.3, -0.25) is 4.79 Å². The molecule has 1 aliphatic carbocycles. The number of aromatic nitrogens is 2. The molecule has 108 valence electrons. The van der Waals surface area contributed by atoms with Crippen LogP contribution in [-0.2, 0) is 24.8 Å².